The van der Waals surface area contributed by atoms with E-state index >= 15 is 0 Å². The Morgan fingerprint density at radius 2 is 1.96 bits per heavy atom. The van der Waals surface area contributed by atoms with Gasteiger partial charge in [0, 0.05) is 29.9 Å². The summed E-state index contributed by atoms with van der Waals surface area (Å²) in [5, 5.41) is 9.54. The Morgan fingerprint density at radius 1 is 1.29 bits per heavy atom. The number of alkyl halides is 2. The van der Waals surface area contributed by atoms with Crippen molar-refractivity contribution < 1.29 is 35.8 Å². The maximum absolute atomic E-state index is 13.8. The Hall–Kier alpha value is -1.65. The maximum Gasteiger partial charge on any atom is 0.281 e. The molecule has 130 valence electrons. The van der Waals surface area contributed by atoms with Crippen LogP contribution in [0.2, 0.25) is 0 Å². The third kappa shape index (κ3) is 2.78. The van der Waals surface area contributed by atoms with Crippen LogP contribution in [-0.4, -0.2) is 25.7 Å². The highest BCUT2D eigenvalue weighted by molar-refractivity contribution is 7.92. The van der Waals surface area contributed by atoms with Crippen molar-refractivity contribution in [2.75, 3.05) is 6.26 Å². The van der Waals surface area contributed by atoms with Crippen LogP contribution in [0.15, 0.2) is 22.4 Å². The Kier molecular flexibility index (Phi) is 3.89. The van der Waals surface area contributed by atoms with Crippen molar-refractivity contribution >= 4 is 21.2 Å². The first-order chi connectivity index (χ1) is 11.0. The van der Waals surface area contributed by atoms with Crippen molar-refractivity contribution in [3.8, 4) is 10.8 Å². The average molecular weight is 382 g/mol. The number of ether oxygens (including phenoxy) is 1. The van der Waals surface area contributed by atoms with Gasteiger partial charge in [-0.1, -0.05) is 11.3 Å². The molecule has 0 aliphatic heterocycles. The number of hydrogen-bond acceptors (Lipinski definition) is 5. The normalized spacial score (nSPS) is 19.3. The summed E-state index contributed by atoms with van der Waals surface area (Å²) in [4.78, 5) is 0. The number of thiophene rings is 1. The number of aliphatic hydroxyl groups is 1. The topological polar surface area (TPSA) is 63.6 Å². The minimum Gasteiger partial charge on any atom is -0.446 e. The number of fused-ring (bicyclic) bond motifs is 1. The van der Waals surface area contributed by atoms with E-state index < -0.39 is 49.7 Å². The molecule has 0 amide bonds. The van der Waals surface area contributed by atoms with E-state index in [0.717, 1.165) is 18.4 Å². The molecule has 1 unspecified atom stereocenters. The van der Waals surface area contributed by atoms with Crippen molar-refractivity contribution in [3.63, 3.8) is 0 Å². The molecule has 1 atom stereocenters. The molecule has 1 N–H and O–H groups in total. The number of rotatable bonds is 3. The lowest BCUT2D eigenvalue weighted by atomic mass is 10.2. The second-order valence-corrected chi connectivity index (χ2v) is 8.55. The zero-order valence-electron chi connectivity index (χ0n) is 12.0. The van der Waals surface area contributed by atoms with Crippen LogP contribution in [0.25, 0.3) is 0 Å². The van der Waals surface area contributed by atoms with E-state index in [9.17, 15) is 31.1 Å². The first-order valence-electron chi connectivity index (χ1n) is 6.55. The van der Waals surface area contributed by atoms with Gasteiger partial charge in [0.2, 0.25) is 0 Å². The molecule has 1 aromatic carbocycles. The van der Waals surface area contributed by atoms with Crippen LogP contribution in [0, 0.1) is 11.6 Å². The van der Waals surface area contributed by atoms with Crippen molar-refractivity contribution in [1.82, 2.24) is 0 Å². The fraction of sp³-hybridized carbons (Fsp3) is 0.286. The molecule has 0 saturated heterocycles. The summed E-state index contributed by atoms with van der Waals surface area (Å²) in [6, 6.07) is 2.58. The van der Waals surface area contributed by atoms with Gasteiger partial charge in [-0.05, 0) is 12.1 Å². The monoisotopic (exact) mass is 382 g/mol. The minimum atomic E-state index is -3.89. The van der Waals surface area contributed by atoms with Crippen LogP contribution in [0.5, 0.6) is 10.8 Å². The first-order valence-corrected chi connectivity index (χ1v) is 9.26. The Balaban J connectivity index is 2.10. The van der Waals surface area contributed by atoms with Crippen LogP contribution < -0.4 is 4.74 Å². The van der Waals surface area contributed by atoms with Crippen LogP contribution >= 0.6 is 11.3 Å². The lowest BCUT2D eigenvalue weighted by molar-refractivity contribution is -0.0976. The van der Waals surface area contributed by atoms with E-state index in [1.807, 2.05) is 0 Å². The molecule has 4 nitrogen and oxygen atoms in total. The van der Waals surface area contributed by atoms with Crippen LogP contribution in [0.3, 0.4) is 0 Å². The lowest BCUT2D eigenvalue weighted by Gasteiger charge is -2.14. The van der Waals surface area contributed by atoms with E-state index in [1.54, 1.807) is 0 Å². The van der Waals surface area contributed by atoms with Gasteiger partial charge in [0.1, 0.15) is 16.1 Å². The summed E-state index contributed by atoms with van der Waals surface area (Å²) in [5.41, 5.74) is -0.548. The fourth-order valence-electron chi connectivity index (χ4n) is 2.43. The number of benzene rings is 1. The first kappa shape index (κ1) is 17.2. The van der Waals surface area contributed by atoms with Gasteiger partial charge in [0.25, 0.3) is 5.92 Å². The number of halogens is 4. The summed E-state index contributed by atoms with van der Waals surface area (Å²) < 4.78 is 82.1. The summed E-state index contributed by atoms with van der Waals surface area (Å²) in [7, 11) is -3.89. The van der Waals surface area contributed by atoms with Crippen molar-refractivity contribution in [2.45, 2.75) is 22.7 Å². The molecule has 10 heteroatoms. The van der Waals surface area contributed by atoms with Gasteiger partial charge in [-0.25, -0.2) is 26.0 Å². The van der Waals surface area contributed by atoms with Crippen molar-refractivity contribution in [3.05, 3.63) is 41.0 Å². The molecule has 1 aromatic heterocycles. The van der Waals surface area contributed by atoms with E-state index in [2.05, 4.69) is 0 Å². The molecule has 0 saturated carbocycles. The Bertz CT molecular complexity index is 921. The van der Waals surface area contributed by atoms with Gasteiger partial charge in [-0.2, -0.15) is 0 Å². The van der Waals surface area contributed by atoms with Gasteiger partial charge in [0.05, 0.1) is 0 Å². The largest absolute Gasteiger partial charge is 0.446 e. The molecular formula is C14H10F4O4S2. The fourth-order valence-corrected chi connectivity index (χ4v) is 4.85. The van der Waals surface area contributed by atoms with E-state index in [4.69, 9.17) is 4.74 Å². The highest BCUT2D eigenvalue weighted by Gasteiger charge is 2.52. The molecule has 24 heavy (non-hydrogen) atoms. The molecule has 0 radical (unpaired) electrons. The number of hydrogen-bond donors (Lipinski definition) is 1. The number of aliphatic hydroxyl groups excluding tert-OH is 1. The predicted octanol–water partition coefficient (Wildman–Crippen LogP) is 3.45. The quantitative estimate of drug-likeness (QED) is 0.826. The molecular weight excluding hydrogens is 372 g/mol. The molecule has 0 fully saturated rings. The Morgan fingerprint density at radius 3 is 2.54 bits per heavy atom. The lowest BCUT2D eigenvalue weighted by Crippen LogP contribution is -2.22. The van der Waals surface area contributed by atoms with Crippen LogP contribution in [0.1, 0.15) is 17.2 Å². The van der Waals surface area contributed by atoms with E-state index in [1.165, 1.54) is 0 Å². The van der Waals surface area contributed by atoms with Gasteiger partial charge in [0.15, 0.2) is 26.5 Å². The summed E-state index contributed by atoms with van der Waals surface area (Å²) >= 11 is 0.559. The molecule has 1 aliphatic rings. The second kappa shape index (κ2) is 5.43. The Labute approximate surface area is 138 Å². The molecule has 0 spiro atoms. The summed E-state index contributed by atoms with van der Waals surface area (Å²) in [5.74, 6) is -6.03. The average Bonchev–Trinajstić information content (AvgIpc) is 2.90. The standard InChI is InChI=1S/C14H10F4O4S2/c1-24(20,21)13-10-7(5-14(17,18)11(10)19)12(23-13)22-6-2-3-8(15)9(16)4-6/h2-4,11,19H,5H2,1H3. The molecule has 0 bridgehead atoms. The van der Waals surface area contributed by atoms with Crippen LogP contribution in [-0.2, 0) is 16.3 Å². The smallest absolute Gasteiger partial charge is 0.281 e. The second-order valence-electron chi connectivity index (χ2n) is 5.36. The van der Waals surface area contributed by atoms with E-state index in [0.29, 0.717) is 17.4 Å². The third-order valence-electron chi connectivity index (χ3n) is 3.50. The highest BCUT2D eigenvalue weighted by Crippen LogP contribution is 2.54. The van der Waals surface area contributed by atoms with Crippen molar-refractivity contribution in [2.24, 2.45) is 0 Å². The summed E-state index contributed by atoms with van der Waals surface area (Å²) in [6.07, 6.45) is -2.35. The maximum atomic E-state index is 13.8. The number of sulfone groups is 1. The summed E-state index contributed by atoms with van der Waals surface area (Å²) in [6.45, 7) is 0. The highest BCUT2D eigenvalue weighted by atomic mass is 32.2. The zero-order chi connectivity index (χ0) is 17.9. The van der Waals surface area contributed by atoms with Gasteiger partial charge < -0.3 is 9.84 Å². The van der Waals surface area contributed by atoms with Gasteiger partial charge in [-0.15, -0.1) is 0 Å². The molecule has 3 rings (SSSR count). The van der Waals surface area contributed by atoms with Crippen molar-refractivity contribution in [1.29, 1.82) is 0 Å². The van der Waals surface area contributed by atoms with Gasteiger partial charge in [-0.3, -0.25) is 0 Å². The van der Waals surface area contributed by atoms with Crippen LogP contribution in [0.4, 0.5) is 17.6 Å². The molecule has 1 heterocycles. The zero-order valence-corrected chi connectivity index (χ0v) is 13.6. The third-order valence-corrected chi connectivity index (χ3v) is 6.47. The molecule has 1 aliphatic carbocycles. The van der Waals surface area contributed by atoms with Gasteiger partial charge >= 0.3 is 0 Å². The SMILES string of the molecule is CS(=O)(=O)c1sc(Oc2ccc(F)c(F)c2)c2c1C(O)C(F)(F)C2. The predicted molar refractivity (Wildman–Crippen MR) is 77.5 cm³/mol. The molecule has 2 aromatic rings. The van der Waals surface area contributed by atoms with E-state index in [-0.39, 0.29) is 16.4 Å². The minimum absolute atomic E-state index is 0.150.